The van der Waals surface area contributed by atoms with Gasteiger partial charge in [0, 0.05) is 19.3 Å². The second-order valence-corrected chi connectivity index (χ2v) is 17.1. The molecule has 8 nitrogen and oxygen atoms in total. The lowest BCUT2D eigenvalue weighted by Crippen LogP contribution is -2.55. The zero-order chi connectivity index (χ0) is 47.7. The molecule has 0 aliphatic carbocycles. The van der Waals surface area contributed by atoms with Crippen molar-refractivity contribution in [3.05, 3.63) is 134 Å². The smallest absolute Gasteiger partial charge is 0.306 e. The fourth-order valence-electron chi connectivity index (χ4n) is 6.46. The Morgan fingerprint density at radius 2 is 0.892 bits per heavy atom. The van der Waals surface area contributed by atoms with Gasteiger partial charge in [0.25, 0.3) is 0 Å². The molecule has 0 aromatic carbocycles. The first kappa shape index (κ1) is 60.5. The molecule has 0 spiro atoms. The molecule has 0 amide bonds. The Morgan fingerprint density at radius 3 is 1.40 bits per heavy atom. The number of carbonyl (C=O) groups is 3. The van der Waals surface area contributed by atoms with Gasteiger partial charge in [-0.2, -0.15) is 0 Å². The summed E-state index contributed by atoms with van der Waals surface area (Å²) in [5, 5.41) is 11.7. The van der Waals surface area contributed by atoms with E-state index in [9.17, 15) is 19.5 Å². The van der Waals surface area contributed by atoms with Crippen molar-refractivity contribution in [2.24, 2.45) is 0 Å². The van der Waals surface area contributed by atoms with E-state index in [0.717, 1.165) is 83.5 Å². The standard InChI is InChI=1S/C57H89NO7/c1-6-8-10-12-14-16-18-20-22-24-26-27-28-30-32-34-36-38-40-42-44-46-48-56(60)65-53(51-63-50-49-54(57(61)62)58(3,4)5)52-64-55(59)47-45-43-41-39-37-35-33-31-29-25-23-21-19-17-15-13-11-9-7-2/h8-11,13-17,19-23,25-27,29,31,33,35,37,53-54H,6-7,12,18,24,28,30,32,34,36,38-52H2,1-5H3/b10-8+,11-9+,15-13+,16-14+,19-17+,22-20+,23-21+,27-26+,29-25+,33-31+,37-35+. The van der Waals surface area contributed by atoms with Crippen LogP contribution in [0.25, 0.3) is 0 Å². The molecule has 0 aromatic rings. The lowest BCUT2D eigenvalue weighted by atomic mass is 10.1. The maximum atomic E-state index is 12.8. The number of hydrogen-bond acceptors (Lipinski definition) is 7. The van der Waals surface area contributed by atoms with Crippen LogP contribution in [-0.4, -0.2) is 75.5 Å². The molecular formula is C57H89NO7. The van der Waals surface area contributed by atoms with Crippen LogP contribution in [0.4, 0.5) is 0 Å². The average Bonchev–Trinajstić information content (AvgIpc) is 3.27. The molecule has 0 bridgehead atoms. The summed E-state index contributed by atoms with van der Waals surface area (Å²) in [4.78, 5) is 37.0. The normalized spacial score (nSPS) is 14.0. The molecular weight excluding hydrogens is 811 g/mol. The zero-order valence-electron chi connectivity index (χ0n) is 41.3. The van der Waals surface area contributed by atoms with E-state index in [1.807, 2.05) is 72.9 Å². The van der Waals surface area contributed by atoms with E-state index in [-0.39, 0.29) is 49.1 Å². The van der Waals surface area contributed by atoms with Gasteiger partial charge in [0.1, 0.15) is 12.6 Å². The monoisotopic (exact) mass is 900 g/mol. The van der Waals surface area contributed by atoms with Crippen LogP contribution in [0.2, 0.25) is 0 Å². The van der Waals surface area contributed by atoms with Crippen LogP contribution in [0.5, 0.6) is 0 Å². The minimum absolute atomic E-state index is 0.0131. The predicted octanol–water partition coefficient (Wildman–Crippen LogP) is 13.0. The second kappa shape index (κ2) is 46.0. The number of carboxylic acids is 1. The van der Waals surface area contributed by atoms with Crippen LogP contribution in [0.15, 0.2) is 134 Å². The molecule has 0 aliphatic heterocycles. The van der Waals surface area contributed by atoms with Gasteiger partial charge < -0.3 is 28.6 Å². The van der Waals surface area contributed by atoms with Crippen LogP contribution in [0, 0.1) is 0 Å². The molecule has 0 heterocycles. The lowest BCUT2D eigenvalue weighted by Gasteiger charge is -2.34. The van der Waals surface area contributed by atoms with Gasteiger partial charge in [-0.3, -0.25) is 9.59 Å². The van der Waals surface area contributed by atoms with Crippen LogP contribution >= 0.6 is 0 Å². The Kier molecular flexibility index (Phi) is 42.8. The number of aliphatic carboxylic acids is 1. The van der Waals surface area contributed by atoms with Crippen molar-refractivity contribution in [1.29, 1.82) is 0 Å². The second-order valence-electron chi connectivity index (χ2n) is 17.1. The minimum atomic E-state index is -1.14. The molecule has 0 saturated carbocycles. The van der Waals surface area contributed by atoms with E-state index in [1.54, 1.807) is 21.1 Å². The third-order valence-corrected chi connectivity index (χ3v) is 10.2. The molecule has 2 atom stereocenters. The first-order chi connectivity index (χ1) is 31.6. The summed E-state index contributed by atoms with van der Waals surface area (Å²) in [5.41, 5.74) is 0. The first-order valence-electron chi connectivity index (χ1n) is 24.8. The molecule has 0 saturated heterocycles. The highest BCUT2D eigenvalue weighted by Crippen LogP contribution is 2.14. The highest BCUT2D eigenvalue weighted by atomic mass is 16.6. The van der Waals surface area contributed by atoms with E-state index >= 15 is 0 Å². The molecule has 364 valence electrons. The van der Waals surface area contributed by atoms with E-state index in [4.69, 9.17) is 14.2 Å². The van der Waals surface area contributed by atoms with Gasteiger partial charge in [0.15, 0.2) is 6.10 Å². The van der Waals surface area contributed by atoms with Crippen LogP contribution in [0.3, 0.4) is 0 Å². The molecule has 8 heteroatoms. The molecule has 0 aromatic heterocycles. The maximum absolute atomic E-state index is 12.8. The number of carboxylic acid groups (broad SMARTS) is 1. The number of ether oxygens (including phenoxy) is 3. The van der Waals surface area contributed by atoms with E-state index in [0.29, 0.717) is 12.8 Å². The number of esters is 2. The Labute approximate surface area is 396 Å². The predicted molar refractivity (Wildman–Crippen MR) is 272 cm³/mol. The highest BCUT2D eigenvalue weighted by Gasteiger charge is 2.25. The van der Waals surface area contributed by atoms with Crippen LogP contribution in [0.1, 0.15) is 155 Å². The van der Waals surface area contributed by atoms with Gasteiger partial charge in [-0.1, -0.05) is 199 Å². The van der Waals surface area contributed by atoms with Crippen molar-refractivity contribution in [2.45, 2.75) is 167 Å². The fraction of sp³-hybridized carbons (Fsp3) is 0.561. The van der Waals surface area contributed by atoms with Crippen molar-refractivity contribution in [2.75, 3.05) is 41.0 Å². The van der Waals surface area contributed by atoms with Gasteiger partial charge in [0.05, 0.1) is 40.3 Å². The van der Waals surface area contributed by atoms with E-state index in [1.165, 1.54) is 32.1 Å². The number of rotatable bonds is 42. The topological polar surface area (TPSA) is 102 Å². The highest BCUT2D eigenvalue weighted by molar-refractivity contribution is 5.70. The minimum Gasteiger partial charge on any atom is -0.544 e. The molecule has 0 aliphatic rings. The van der Waals surface area contributed by atoms with Crippen molar-refractivity contribution in [1.82, 2.24) is 0 Å². The number of quaternary nitrogens is 1. The number of nitrogens with zero attached hydrogens (tertiary/aromatic N) is 1. The fourth-order valence-corrected chi connectivity index (χ4v) is 6.46. The molecule has 0 rings (SSSR count). The molecule has 0 fully saturated rings. The van der Waals surface area contributed by atoms with Gasteiger partial charge in [-0.15, -0.1) is 0 Å². The van der Waals surface area contributed by atoms with Crippen molar-refractivity contribution in [3.63, 3.8) is 0 Å². The number of likely N-dealkylation sites (N-methyl/N-ethyl adjacent to an activating group) is 1. The molecule has 0 radical (unpaired) electrons. The van der Waals surface area contributed by atoms with E-state index in [2.05, 4.69) is 74.6 Å². The third kappa shape index (κ3) is 44.5. The van der Waals surface area contributed by atoms with Crippen LogP contribution < -0.4 is 5.11 Å². The quantitative estimate of drug-likeness (QED) is 0.0198. The number of allylic oxidation sites excluding steroid dienone is 22. The largest absolute Gasteiger partial charge is 0.544 e. The van der Waals surface area contributed by atoms with Crippen LogP contribution in [-0.2, 0) is 28.6 Å². The summed E-state index contributed by atoms with van der Waals surface area (Å²) >= 11 is 0. The van der Waals surface area contributed by atoms with Gasteiger partial charge >= 0.3 is 11.9 Å². The lowest BCUT2D eigenvalue weighted by molar-refractivity contribution is -0.889. The third-order valence-electron chi connectivity index (χ3n) is 10.2. The SMILES string of the molecule is CC/C=C/C=C/C=C/C=C/C=C/C=C/C=C/CCCCCC(=O)OCC(COCCC(C(=O)[O-])[N+](C)(C)C)OC(=O)CCCCCCCCCCC/C=C/C/C=C/C/C=C/C/C=C/CC. The molecule has 0 N–H and O–H groups in total. The van der Waals surface area contributed by atoms with Crippen molar-refractivity contribution < 1.29 is 38.2 Å². The Hall–Kier alpha value is -4.53. The van der Waals surface area contributed by atoms with Crippen molar-refractivity contribution >= 4 is 17.9 Å². The summed E-state index contributed by atoms with van der Waals surface area (Å²) in [6.07, 6.45) is 66.2. The van der Waals surface area contributed by atoms with Crippen molar-refractivity contribution in [3.8, 4) is 0 Å². The summed E-state index contributed by atoms with van der Waals surface area (Å²) in [6, 6.07) is -0.744. The zero-order valence-corrected chi connectivity index (χ0v) is 41.3. The number of unbranched alkanes of at least 4 members (excludes halogenated alkanes) is 12. The van der Waals surface area contributed by atoms with E-state index < -0.39 is 18.1 Å². The summed E-state index contributed by atoms with van der Waals surface area (Å²) in [6.45, 7) is 4.33. The number of hydrogen-bond donors (Lipinski definition) is 0. The molecule has 2 unspecified atom stereocenters. The summed E-state index contributed by atoms with van der Waals surface area (Å²) in [5.74, 6) is -1.82. The Morgan fingerprint density at radius 1 is 0.477 bits per heavy atom. The number of carbonyl (C=O) groups excluding carboxylic acids is 3. The Balaban J connectivity index is 4.40. The van der Waals surface area contributed by atoms with Gasteiger partial charge in [0.2, 0.25) is 0 Å². The molecule has 65 heavy (non-hydrogen) atoms. The average molecular weight is 900 g/mol. The first-order valence-corrected chi connectivity index (χ1v) is 24.8. The van der Waals surface area contributed by atoms with Gasteiger partial charge in [-0.05, 0) is 70.6 Å². The van der Waals surface area contributed by atoms with Gasteiger partial charge in [-0.25, -0.2) is 0 Å². The maximum Gasteiger partial charge on any atom is 0.306 e. The Bertz CT molecular complexity index is 1520. The summed E-state index contributed by atoms with van der Waals surface area (Å²) in [7, 11) is 5.38. The summed E-state index contributed by atoms with van der Waals surface area (Å²) < 4.78 is 17.2.